The molecule has 202 valence electrons. The summed E-state index contributed by atoms with van der Waals surface area (Å²) in [6, 6.07) is 20.0. The highest BCUT2D eigenvalue weighted by Gasteiger charge is 2.24. The van der Waals surface area contributed by atoms with E-state index in [4.69, 9.17) is 0 Å². The Kier molecular flexibility index (Phi) is 9.97. The minimum atomic E-state index is -3.75. The van der Waals surface area contributed by atoms with Gasteiger partial charge in [-0.2, -0.15) is 4.31 Å². The monoisotopic (exact) mass is 575 g/mol. The van der Waals surface area contributed by atoms with Crippen LogP contribution in [0.1, 0.15) is 22.3 Å². The van der Waals surface area contributed by atoms with Crippen LogP contribution in [-0.2, 0) is 16.6 Å². The third kappa shape index (κ3) is 6.75. The second-order valence-electron chi connectivity index (χ2n) is 8.97. The fourth-order valence-corrected chi connectivity index (χ4v) is 6.04. The summed E-state index contributed by atoms with van der Waals surface area (Å²) in [5.41, 5.74) is 1.44. The number of carbonyl (C=O) groups excluding carboxylic acids is 1. The van der Waals surface area contributed by atoms with Crippen molar-refractivity contribution >= 4 is 42.6 Å². The molecule has 4 aromatic rings. The lowest BCUT2D eigenvalue weighted by Crippen LogP contribution is -3.00. The summed E-state index contributed by atoms with van der Waals surface area (Å²) in [5.74, 6) is -0.755. The molecule has 0 aliphatic rings. The Morgan fingerprint density at radius 3 is 2.24 bits per heavy atom. The van der Waals surface area contributed by atoms with Crippen LogP contribution in [0.5, 0.6) is 0 Å². The first-order valence-corrected chi connectivity index (χ1v) is 14.0. The molecule has 0 bridgehead atoms. The molecule has 3 aromatic carbocycles. The zero-order valence-electron chi connectivity index (χ0n) is 21.3. The number of para-hydroxylation sites is 1. The minimum Gasteiger partial charge on any atom is -1.00 e. The van der Waals surface area contributed by atoms with E-state index in [9.17, 15) is 17.6 Å². The molecule has 1 heterocycles. The average Bonchev–Trinajstić information content (AvgIpc) is 3.32. The average molecular weight is 576 g/mol. The number of hydrogen-bond acceptors (Lipinski definition) is 6. The van der Waals surface area contributed by atoms with Gasteiger partial charge in [0.1, 0.15) is 11.3 Å². The van der Waals surface area contributed by atoms with Gasteiger partial charge in [-0.3, -0.25) is 9.69 Å². The third-order valence-corrected chi connectivity index (χ3v) is 8.74. The van der Waals surface area contributed by atoms with Crippen molar-refractivity contribution in [2.75, 3.05) is 39.1 Å². The van der Waals surface area contributed by atoms with Crippen molar-refractivity contribution in [2.24, 2.45) is 0 Å². The maximum absolute atomic E-state index is 14.3. The summed E-state index contributed by atoms with van der Waals surface area (Å²) in [4.78, 5) is 21.6. The maximum Gasteiger partial charge on any atom is 0.260 e. The summed E-state index contributed by atoms with van der Waals surface area (Å²) in [6.07, 6.45) is 0.688. The van der Waals surface area contributed by atoms with E-state index in [1.807, 2.05) is 49.3 Å². The number of carbonyl (C=O) groups is 1. The largest absolute Gasteiger partial charge is 1.00 e. The number of benzene rings is 3. The van der Waals surface area contributed by atoms with Gasteiger partial charge in [-0.1, -0.05) is 47.7 Å². The van der Waals surface area contributed by atoms with Gasteiger partial charge in [0.15, 0.2) is 5.13 Å². The molecule has 38 heavy (non-hydrogen) atoms. The summed E-state index contributed by atoms with van der Waals surface area (Å²) in [6.45, 7) is 1.38. The predicted molar refractivity (Wildman–Crippen MR) is 146 cm³/mol. The van der Waals surface area contributed by atoms with Gasteiger partial charge >= 0.3 is 0 Å². The number of rotatable bonds is 10. The second-order valence-corrected chi connectivity index (χ2v) is 12.0. The Labute approximate surface area is 233 Å². The van der Waals surface area contributed by atoms with Crippen LogP contribution in [-0.4, -0.2) is 62.7 Å². The molecule has 0 saturated carbocycles. The third-order valence-electron chi connectivity index (χ3n) is 5.88. The van der Waals surface area contributed by atoms with Crippen molar-refractivity contribution < 1.29 is 30.0 Å². The Morgan fingerprint density at radius 2 is 1.61 bits per heavy atom. The standard InChI is InChI=1S/C27H29FN4O3S2.ClH/c1-30(2)17-8-18-32(27-29-25-23(28)11-7-12-24(25)36-27)26(33)21-13-15-22(16-14-21)37(34,35)31(3)19-20-9-5-4-6-10-20;/h4-7,9-16H,8,17-19H2,1-3H3;1H/p-1. The van der Waals surface area contributed by atoms with E-state index in [0.29, 0.717) is 28.4 Å². The molecular weight excluding hydrogens is 547 g/mol. The van der Waals surface area contributed by atoms with Crippen molar-refractivity contribution in [1.29, 1.82) is 0 Å². The predicted octanol–water partition coefficient (Wildman–Crippen LogP) is 1.86. The highest BCUT2D eigenvalue weighted by molar-refractivity contribution is 7.89. The van der Waals surface area contributed by atoms with Gasteiger partial charge in [0.25, 0.3) is 5.91 Å². The fourth-order valence-electron chi connectivity index (χ4n) is 3.88. The lowest BCUT2D eigenvalue weighted by atomic mass is 10.2. The number of nitrogens with zero attached hydrogens (tertiary/aromatic N) is 4. The van der Waals surface area contributed by atoms with E-state index < -0.39 is 15.8 Å². The lowest BCUT2D eigenvalue weighted by molar-refractivity contribution is -0.0000180. The molecule has 1 amide bonds. The molecule has 0 saturated heterocycles. The normalized spacial score (nSPS) is 11.6. The number of thiazole rings is 1. The SMILES string of the molecule is CN(C)CCCN(C(=O)c1ccc(S(=O)(=O)N(C)Cc2ccccc2)cc1)c1nc2c(F)cccc2s1.[Cl-]. The van der Waals surface area contributed by atoms with E-state index in [-0.39, 0.29) is 35.3 Å². The van der Waals surface area contributed by atoms with Gasteiger partial charge < -0.3 is 17.3 Å². The van der Waals surface area contributed by atoms with Crippen molar-refractivity contribution in [1.82, 2.24) is 14.2 Å². The summed E-state index contributed by atoms with van der Waals surface area (Å²) in [7, 11) is 1.68. The molecule has 7 nitrogen and oxygen atoms in total. The zero-order chi connectivity index (χ0) is 26.6. The second kappa shape index (κ2) is 12.8. The van der Waals surface area contributed by atoms with E-state index in [2.05, 4.69) is 4.98 Å². The number of sulfonamides is 1. The number of hydrogen-bond donors (Lipinski definition) is 0. The van der Waals surface area contributed by atoms with Crippen LogP contribution in [0.2, 0.25) is 0 Å². The number of fused-ring (bicyclic) bond motifs is 1. The zero-order valence-corrected chi connectivity index (χ0v) is 23.7. The molecule has 0 radical (unpaired) electrons. The Balaban J connectivity index is 0.00000400. The molecular formula is C27H29ClFN4O3S2-. The molecule has 0 aliphatic heterocycles. The topological polar surface area (TPSA) is 73.8 Å². The summed E-state index contributed by atoms with van der Waals surface area (Å²) < 4.78 is 42.4. The molecule has 0 fully saturated rings. The van der Waals surface area contributed by atoms with Crippen molar-refractivity contribution in [3.05, 3.63) is 89.7 Å². The van der Waals surface area contributed by atoms with Gasteiger partial charge in [0, 0.05) is 25.7 Å². The summed E-state index contributed by atoms with van der Waals surface area (Å²) in [5, 5.41) is 0.406. The van der Waals surface area contributed by atoms with Crippen LogP contribution < -0.4 is 17.3 Å². The number of aromatic nitrogens is 1. The van der Waals surface area contributed by atoms with Crippen molar-refractivity contribution in [3.63, 3.8) is 0 Å². The molecule has 0 atom stereocenters. The highest BCUT2D eigenvalue weighted by Crippen LogP contribution is 2.31. The van der Waals surface area contributed by atoms with Gasteiger partial charge in [-0.25, -0.2) is 17.8 Å². The van der Waals surface area contributed by atoms with Crippen molar-refractivity contribution in [3.8, 4) is 0 Å². The molecule has 0 aliphatic carbocycles. The molecule has 11 heteroatoms. The number of anilines is 1. The molecule has 0 spiro atoms. The van der Waals surface area contributed by atoms with Crippen LogP contribution in [0.25, 0.3) is 10.2 Å². The van der Waals surface area contributed by atoms with Crippen LogP contribution in [0.15, 0.2) is 77.7 Å². The van der Waals surface area contributed by atoms with E-state index in [1.54, 1.807) is 17.0 Å². The lowest BCUT2D eigenvalue weighted by Gasteiger charge is -2.21. The quantitative estimate of drug-likeness (QED) is 0.289. The van der Waals surface area contributed by atoms with Crippen LogP contribution in [0.3, 0.4) is 0 Å². The summed E-state index contributed by atoms with van der Waals surface area (Å²) >= 11 is 1.25. The molecule has 0 unspecified atom stereocenters. The van der Waals surface area contributed by atoms with Gasteiger partial charge in [-0.05, 0) is 69.0 Å². The van der Waals surface area contributed by atoms with Crippen LogP contribution in [0, 0.1) is 5.82 Å². The molecule has 1 aromatic heterocycles. The highest BCUT2D eigenvalue weighted by atomic mass is 35.5. The molecule has 4 rings (SSSR count). The smallest absolute Gasteiger partial charge is 0.260 e. The molecule has 0 N–H and O–H groups in total. The Morgan fingerprint density at radius 1 is 0.921 bits per heavy atom. The fraction of sp³-hybridized carbons (Fsp3) is 0.259. The van der Waals surface area contributed by atoms with Crippen LogP contribution >= 0.6 is 11.3 Å². The van der Waals surface area contributed by atoms with Gasteiger partial charge in [0.05, 0.1) is 9.60 Å². The Hall–Kier alpha value is -2.89. The van der Waals surface area contributed by atoms with Crippen molar-refractivity contribution in [2.45, 2.75) is 17.9 Å². The first-order chi connectivity index (χ1) is 17.7. The van der Waals surface area contributed by atoms with Gasteiger partial charge in [-0.15, -0.1) is 0 Å². The van der Waals surface area contributed by atoms with E-state index >= 15 is 0 Å². The number of halogens is 2. The van der Waals surface area contributed by atoms with Gasteiger partial charge in [0.2, 0.25) is 10.0 Å². The first kappa shape index (κ1) is 29.7. The Bertz CT molecular complexity index is 1480. The first-order valence-electron chi connectivity index (χ1n) is 11.8. The number of amides is 1. The van der Waals surface area contributed by atoms with Crippen LogP contribution in [0.4, 0.5) is 9.52 Å². The van der Waals surface area contributed by atoms with E-state index in [0.717, 1.165) is 12.1 Å². The van der Waals surface area contributed by atoms with E-state index in [1.165, 1.54) is 53.0 Å². The maximum atomic E-state index is 14.3. The minimum absolute atomic E-state index is 0.